The highest BCUT2D eigenvalue weighted by Gasteiger charge is 2.13. The molecule has 0 aliphatic rings. The molecule has 1 aromatic carbocycles. The summed E-state index contributed by atoms with van der Waals surface area (Å²) in [6.45, 7) is 3.34. The minimum atomic E-state index is -3.22. The number of hydrogen-bond donors (Lipinski definition) is 2. The van der Waals surface area contributed by atoms with Crippen LogP contribution in [0.1, 0.15) is 16.2 Å². The molecule has 138 valence electrons. The summed E-state index contributed by atoms with van der Waals surface area (Å²) in [4.78, 5) is 7.04. The minimum absolute atomic E-state index is 0. The highest BCUT2D eigenvalue weighted by atomic mass is 127. The van der Waals surface area contributed by atoms with Gasteiger partial charge in [-0.3, -0.25) is 4.99 Å². The van der Waals surface area contributed by atoms with E-state index in [1.807, 2.05) is 6.07 Å². The predicted molar refractivity (Wildman–Crippen MR) is 116 cm³/mol. The maximum Gasteiger partial charge on any atom is 0.191 e. The lowest BCUT2D eigenvalue weighted by atomic mass is 10.4. The van der Waals surface area contributed by atoms with Crippen LogP contribution in [0.15, 0.2) is 52.4 Å². The molecule has 1 heterocycles. The van der Waals surface area contributed by atoms with E-state index in [0.29, 0.717) is 30.4 Å². The Balaban J connectivity index is 0.00000312. The maximum atomic E-state index is 12.2. The summed E-state index contributed by atoms with van der Waals surface area (Å²) in [6, 6.07) is 12.7. The van der Waals surface area contributed by atoms with Crippen molar-refractivity contribution in [2.75, 3.05) is 19.3 Å². The van der Waals surface area contributed by atoms with E-state index in [1.54, 1.807) is 42.6 Å². The Bertz CT molecular complexity index is 774. The Hall–Kier alpha value is -1.13. The van der Waals surface area contributed by atoms with E-state index in [0.717, 1.165) is 0 Å². The van der Waals surface area contributed by atoms with Crippen LogP contribution in [0.4, 0.5) is 0 Å². The highest BCUT2D eigenvalue weighted by molar-refractivity contribution is 14.0. The van der Waals surface area contributed by atoms with Crippen molar-refractivity contribution in [1.29, 1.82) is 0 Å². The molecule has 1 aromatic heterocycles. The summed E-state index contributed by atoms with van der Waals surface area (Å²) in [5.74, 6) is 0.795. The van der Waals surface area contributed by atoms with Crippen molar-refractivity contribution < 1.29 is 8.42 Å². The SMILES string of the molecule is CN=C(NCCCS(=O)(=O)c1ccccc1)NCc1ccc(C)s1.I. The van der Waals surface area contributed by atoms with Crippen LogP contribution in [-0.4, -0.2) is 33.7 Å². The van der Waals surface area contributed by atoms with Gasteiger partial charge in [-0.25, -0.2) is 8.42 Å². The maximum absolute atomic E-state index is 12.2. The topological polar surface area (TPSA) is 70.6 Å². The van der Waals surface area contributed by atoms with Gasteiger partial charge in [0, 0.05) is 23.3 Å². The summed E-state index contributed by atoms with van der Waals surface area (Å²) < 4.78 is 24.4. The van der Waals surface area contributed by atoms with Gasteiger partial charge < -0.3 is 10.6 Å². The monoisotopic (exact) mass is 493 g/mol. The lowest BCUT2D eigenvalue weighted by molar-refractivity contribution is 0.592. The third-order valence-electron chi connectivity index (χ3n) is 3.43. The third-order valence-corrected chi connectivity index (χ3v) is 6.25. The van der Waals surface area contributed by atoms with Crippen LogP contribution < -0.4 is 10.6 Å². The molecule has 0 radical (unpaired) electrons. The van der Waals surface area contributed by atoms with Gasteiger partial charge in [0.15, 0.2) is 15.8 Å². The zero-order valence-corrected chi connectivity index (χ0v) is 18.3. The van der Waals surface area contributed by atoms with E-state index < -0.39 is 9.84 Å². The average Bonchev–Trinajstić information content (AvgIpc) is 3.00. The van der Waals surface area contributed by atoms with Crippen LogP contribution in [0, 0.1) is 6.92 Å². The molecule has 5 nitrogen and oxygen atoms in total. The van der Waals surface area contributed by atoms with Gasteiger partial charge in [0.1, 0.15) is 0 Å². The first kappa shape index (κ1) is 21.9. The van der Waals surface area contributed by atoms with Crippen molar-refractivity contribution in [3.63, 3.8) is 0 Å². The zero-order chi connectivity index (χ0) is 17.4. The number of aliphatic imine (C=N–C) groups is 1. The largest absolute Gasteiger partial charge is 0.356 e. The standard InChI is InChI=1S/C17H23N3O2S2.HI/c1-14-9-10-15(23-14)13-20-17(18-2)19-11-6-12-24(21,22)16-7-4-3-5-8-16;/h3-5,7-10H,6,11-13H2,1-2H3,(H2,18,19,20);1H. The van der Waals surface area contributed by atoms with Crippen molar-refractivity contribution in [2.24, 2.45) is 4.99 Å². The van der Waals surface area contributed by atoms with Crippen molar-refractivity contribution in [2.45, 2.75) is 24.8 Å². The molecular formula is C17H24IN3O2S2. The molecule has 0 aliphatic carbocycles. The number of nitrogens with one attached hydrogen (secondary N) is 2. The fourth-order valence-electron chi connectivity index (χ4n) is 2.19. The third kappa shape index (κ3) is 7.33. The molecule has 0 atom stereocenters. The van der Waals surface area contributed by atoms with Gasteiger partial charge >= 0.3 is 0 Å². The normalized spacial score (nSPS) is 11.7. The predicted octanol–water partition coefficient (Wildman–Crippen LogP) is 3.20. The molecule has 0 aliphatic heterocycles. The number of aryl methyl sites for hydroxylation is 1. The molecule has 0 unspecified atom stereocenters. The number of thiophene rings is 1. The number of rotatable bonds is 7. The van der Waals surface area contributed by atoms with E-state index in [1.165, 1.54) is 9.75 Å². The van der Waals surface area contributed by atoms with E-state index in [-0.39, 0.29) is 29.7 Å². The Morgan fingerprint density at radius 3 is 2.44 bits per heavy atom. The first-order valence-electron chi connectivity index (χ1n) is 7.79. The molecule has 0 bridgehead atoms. The van der Waals surface area contributed by atoms with E-state index in [4.69, 9.17) is 0 Å². The second kappa shape index (κ2) is 10.8. The molecule has 0 fully saturated rings. The fraction of sp³-hybridized carbons (Fsp3) is 0.353. The average molecular weight is 493 g/mol. The molecular weight excluding hydrogens is 469 g/mol. The van der Waals surface area contributed by atoms with Gasteiger partial charge in [-0.15, -0.1) is 35.3 Å². The van der Waals surface area contributed by atoms with E-state index in [9.17, 15) is 8.42 Å². The molecule has 2 rings (SSSR count). The van der Waals surface area contributed by atoms with Crippen molar-refractivity contribution in [3.8, 4) is 0 Å². The van der Waals surface area contributed by atoms with Gasteiger partial charge in [0.25, 0.3) is 0 Å². The van der Waals surface area contributed by atoms with Crippen LogP contribution in [0.2, 0.25) is 0 Å². The number of nitrogens with zero attached hydrogens (tertiary/aromatic N) is 1. The van der Waals surface area contributed by atoms with Crippen LogP contribution in [0.3, 0.4) is 0 Å². The van der Waals surface area contributed by atoms with Crippen molar-refractivity contribution in [3.05, 3.63) is 52.2 Å². The first-order chi connectivity index (χ1) is 11.5. The summed E-state index contributed by atoms with van der Waals surface area (Å²) in [5, 5.41) is 6.38. The van der Waals surface area contributed by atoms with Crippen molar-refractivity contribution >= 4 is 51.1 Å². The molecule has 2 aromatic rings. The number of hydrogen-bond acceptors (Lipinski definition) is 4. The minimum Gasteiger partial charge on any atom is -0.356 e. The zero-order valence-electron chi connectivity index (χ0n) is 14.4. The Labute approximate surface area is 170 Å². The van der Waals surface area contributed by atoms with Gasteiger partial charge in [-0.1, -0.05) is 18.2 Å². The van der Waals surface area contributed by atoms with Crippen LogP contribution in [0.5, 0.6) is 0 Å². The second-order valence-corrected chi connectivity index (χ2v) is 8.83. The van der Waals surface area contributed by atoms with Crippen molar-refractivity contribution in [1.82, 2.24) is 10.6 Å². The van der Waals surface area contributed by atoms with Crippen LogP contribution >= 0.6 is 35.3 Å². The summed E-state index contributed by atoms with van der Waals surface area (Å²) >= 11 is 1.74. The molecule has 2 N–H and O–H groups in total. The second-order valence-electron chi connectivity index (χ2n) is 5.35. The summed E-state index contributed by atoms with van der Waals surface area (Å²) in [7, 11) is -1.51. The number of benzene rings is 1. The molecule has 0 saturated carbocycles. The van der Waals surface area contributed by atoms with Gasteiger partial charge in [-0.05, 0) is 37.6 Å². The summed E-state index contributed by atoms with van der Waals surface area (Å²) in [5.41, 5.74) is 0. The molecule has 0 spiro atoms. The fourth-order valence-corrected chi connectivity index (χ4v) is 4.35. The van der Waals surface area contributed by atoms with E-state index in [2.05, 4.69) is 34.7 Å². The summed E-state index contributed by atoms with van der Waals surface area (Å²) in [6.07, 6.45) is 0.524. The van der Waals surface area contributed by atoms with Crippen LogP contribution in [-0.2, 0) is 16.4 Å². The van der Waals surface area contributed by atoms with Gasteiger partial charge in [0.05, 0.1) is 17.2 Å². The lowest BCUT2D eigenvalue weighted by Crippen LogP contribution is -2.37. The molecule has 25 heavy (non-hydrogen) atoms. The number of guanidine groups is 1. The Morgan fingerprint density at radius 2 is 1.84 bits per heavy atom. The highest BCUT2D eigenvalue weighted by Crippen LogP contribution is 2.14. The van der Waals surface area contributed by atoms with Gasteiger partial charge in [-0.2, -0.15) is 0 Å². The Kier molecular flexibility index (Phi) is 9.44. The lowest BCUT2D eigenvalue weighted by Gasteiger charge is -2.11. The molecule has 0 saturated heterocycles. The molecule has 8 heteroatoms. The van der Waals surface area contributed by atoms with E-state index >= 15 is 0 Å². The van der Waals surface area contributed by atoms with Crippen LogP contribution in [0.25, 0.3) is 0 Å². The molecule has 0 amide bonds. The Morgan fingerprint density at radius 1 is 1.12 bits per heavy atom. The smallest absolute Gasteiger partial charge is 0.191 e. The quantitative estimate of drug-likeness (QED) is 0.269. The number of halogens is 1. The van der Waals surface area contributed by atoms with Gasteiger partial charge in [0.2, 0.25) is 0 Å². The number of sulfone groups is 1. The first-order valence-corrected chi connectivity index (χ1v) is 10.3.